The first-order chi connectivity index (χ1) is 4.33. The summed E-state index contributed by atoms with van der Waals surface area (Å²) in [7, 11) is 0. The molecule has 4 heteroatoms. The molecule has 0 saturated heterocycles. The molecule has 0 aromatic carbocycles. The molecule has 1 aromatic heterocycles. The Morgan fingerprint density at radius 2 is 2.56 bits per heavy atom. The van der Waals surface area contributed by atoms with Gasteiger partial charge < -0.3 is 0 Å². The van der Waals surface area contributed by atoms with E-state index < -0.39 is 0 Å². The topological polar surface area (TPSA) is 25.8 Å². The van der Waals surface area contributed by atoms with Gasteiger partial charge in [-0.15, -0.1) is 0 Å². The van der Waals surface area contributed by atoms with Crippen LogP contribution in [0.4, 0.5) is 0 Å². The Bertz CT molecular complexity index is 187. The molecule has 0 aliphatic heterocycles. The van der Waals surface area contributed by atoms with Gasteiger partial charge in [0.1, 0.15) is 6.20 Å². The van der Waals surface area contributed by atoms with E-state index in [1.54, 1.807) is 6.20 Å². The summed E-state index contributed by atoms with van der Waals surface area (Å²) < 4.78 is 0.792. The van der Waals surface area contributed by atoms with Crippen LogP contribution in [0.3, 0.4) is 0 Å². The standard InChI is InChI=1S/C5H4BrN2S/c1-9-5-7-2-4(6)3-8-5/h2H,1H3. The Kier molecular flexibility index (Phi) is 2.48. The average molecular weight is 204 g/mol. The summed E-state index contributed by atoms with van der Waals surface area (Å²) in [5.41, 5.74) is 0. The van der Waals surface area contributed by atoms with Crippen LogP contribution < -0.4 is 0 Å². The number of hydrogen-bond donors (Lipinski definition) is 0. The van der Waals surface area contributed by atoms with Crippen molar-refractivity contribution in [2.75, 3.05) is 6.26 Å². The molecule has 0 spiro atoms. The number of hydrogen-bond acceptors (Lipinski definition) is 3. The van der Waals surface area contributed by atoms with E-state index in [0.717, 1.165) is 9.63 Å². The van der Waals surface area contributed by atoms with E-state index in [1.807, 2.05) is 6.26 Å². The fourth-order valence-electron chi connectivity index (χ4n) is 0.369. The van der Waals surface area contributed by atoms with Crippen LogP contribution in [0, 0.1) is 6.20 Å². The summed E-state index contributed by atoms with van der Waals surface area (Å²) in [5.74, 6) is 0. The second-order valence-corrected chi connectivity index (χ2v) is 2.94. The summed E-state index contributed by atoms with van der Waals surface area (Å²) in [4.78, 5) is 7.85. The van der Waals surface area contributed by atoms with E-state index >= 15 is 0 Å². The molecule has 1 heterocycles. The van der Waals surface area contributed by atoms with Gasteiger partial charge in [-0.25, -0.2) is 9.97 Å². The van der Waals surface area contributed by atoms with E-state index in [1.165, 1.54) is 11.8 Å². The minimum atomic E-state index is 0.748. The monoisotopic (exact) mass is 203 g/mol. The fourth-order valence-corrected chi connectivity index (χ4v) is 0.855. The molecule has 0 aliphatic carbocycles. The van der Waals surface area contributed by atoms with Gasteiger partial charge in [0.05, 0.1) is 4.47 Å². The smallest absolute Gasteiger partial charge is 0.187 e. The number of rotatable bonds is 1. The van der Waals surface area contributed by atoms with Gasteiger partial charge in [0.15, 0.2) is 5.16 Å². The van der Waals surface area contributed by atoms with Gasteiger partial charge in [0.25, 0.3) is 0 Å². The molecule has 0 atom stereocenters. The summed E-state index contributed by atoms with van der Waals surface area (Å²) in [6.07, 6.45) is 6.34. The Balaban J connectivity index is 2.88. The highest BCUT2D eigenvalue weighted by Crippen LogP contribution is 2.09. The van der Waals surface area contributed by atoms with Gasteiger partial charge >= 0.3 is 0 Å². The largest absolute Gasteiger partial charge is 0.230 e. The third-order valence-corrected chi connectivity index (χ3v) is 1.67. The van der Waals surface area contributed by atoms with Crippen molar-refractivity contribution >= 4 is 27.7 Å². The Morgan fingerprint density at radius 3 is 3.00 bits per heavy atom. The van der Waals surface area contributed by atoms with Crippen molar-refractivity contribution in [3.05, 3.63) is 16.9 Å². The molecular weight excluding hydrogens is 200 g/mol. The summed E-state index contributed by atoms with van der Waals surface area (Å²) in [6, 6.07) is 0. The SMILES string of the molecule is CSc1n[c]c(Br)cn1. The maximum absolute atomic E-state index is 3.97. The molecule has 47 valence electrons. The van der Waals surface area contributed by atoms with E-state index in [4.69, 9.17) is 0 Å². The van der Waals surface area contributed by atoms with Gasteiger partial charge in [0.2, 0.25) is 0 Å². The highest BCUT2D eigenvalue weighted by molar-refractivity contribution is 9.10. The molecule has 2 nitrogen and oxygen atoms in total. The van der Waals surface area contributed by atoms with E-state index in [9.17, 15) is 0 Å². The van der Waals surface area contributed by atoms with Crippen LogP contribution in [0.25, 0.3) is 0 Å². The Labute approximate surface area is 66.2 Å². The number of nitrogens with zero attached hydrogens (tertiary/aromatic N) is 2. The molecule has 0 aliphatic rings. The summed E-state index contributed by atoms with van der Waals surface area (Å²) >= 11 is 4.69. The molecule has 9 heavy (non-hydrogen) atoms. The van der Waals surface area contributed by atoms with Crippen LogP contribution in [0.5, 0.6) is 0 Å². The fraction of sp³-hybridized carbons (Fsp3) is 0.200. The van der Waals surface area contributed by atoms with Crippen LogP contribution in [0.2, 0.25) is 0 Å². The lowest BCUT2D eigenvalue weighted by atomic mass is 10.7. The first kappa shape index (κ1) is 7.02. The molecule has 0 saturated carbocycles. The van der Waals surface area contributed by atoms with Crippen LogP contribution >= 0.6 is 27.7 Å². The highest BCUT2D eigenvalue weighted by Gasteiger charge is 1.90. The van der Waals surface area contributed by atoms with Crippen molar-refractivity contribution in [1.82, 2.24) is 9.97 Å². The molecule has 0 unspecified atom stereocenters. The minimum Gasteiger partial charge on any atom is -0.230 e. The molecular formula is C5H4BrN2S. The van der Waals surface area contributed by atoms with Gasteiger partial charge in [-0.2, -0.15) is 0 Å². The Hall–Kier alpha value is -0.0900. The van der Waals surface area contributed by atoms with Crippen molar-refractivity contribution in [3.63, 3.8) is 0 Å². The quantitative estimate of drug-likeness (QED) is 0.514. The number of aromatic nitrogens is 2. The predicted molar refractivity (Wildman–Crippen MR) is 40.3 cm³/mol. The molecule has 1 aromatic rings. The maximum Gasteiger partial charge on any atom is 0.187 e. The molecule has 0 amide bonds. The summed E-state index contributed by atoms with van der Waals surface area (Å²) in [5, 5.41) is 0.748. The lowest BCUT2D eigenvalue weighted by molar-refractivity contribution is 0.955. The summed E-state index contributed by atoms with van der Waals surface area (Å²) in [6.45, 7) is 0. The third kappa shape index (κ3) is 1.95. The molecule has 0 N–H and O–H groups in total. The van der Waals surface area contributed by atoms with Crippen LogP contribution in [0.15, 0.2) is 15.8 Å². The number of halogens is 1. The Morgan fingerprint density at radius 1 is 1.78 bits per heavy atom. The molecule has 1 rings (SSSR count). The van der Waals surface area contributed by atoms with Crippen LogP contribution in [-0.2, 0) is 0 Å². The first-order valence-electron chi connectivity index (χ1n) is 2.27. The van der Waals surface area contributed by atoms with E-state index in [-0.39, 0.29) is 0 Å². The first-order valence-corrected chi connectivity index (χ1v) is 4.29. The van der Waals surface area contributed by atoms with Gasteiger partial charge in [-0.05, 0) is 22.2 Å². The highest BCUT2D eigenvalue weighted by atomic mass is 79.9. The lowest BCUT2D eigenvalue weighted by Gasteiger charge is -1.89. The lowest BCUT2D eigenvalue weighted by Crippen LogP contribution is -1.82. The molecule has 0 fully saturated rings. The van der Waals surface area contributed by atoms with Crippen molar-refractivity contribution in [2.45, 2.75) is 5.16 Å². The number of thioether (sulfide) groups is 1. The van der Waals surface area contributed by atoms with E-state index in [0.29, 0.717) is 0 Å². The minimum absolute atomic E-state index is 0.748. The van der Waals surface area contributed by atoms with Gasteiger partial charge in [0, 0.05) is 6.20 Å². The van der Waals surface area contributed by atoms with Crippen LogP contribution in [0.1, 0.15) is 0 Å². The second-order valence-electron chi connectivity index (χ2n) is 1.32. The zero-order valence-corrected chi connectivity index (χ0v) is 7.16. The van der Waals surface area contributed by atoms with Crippen molar-refractivity contribution < 1.29 is 0 Å². The molecule has 0 bridgehead atoms. The third-order valence-electron chi connectivity index (χ3n) is 0.729. The predicted octanol–water partition coefficient (Wildman–Crippen LogP) is 1.76. The average Bonchev–Trinajstić information content (AvgIpc) is 1.90. The van der Waals surface area contributed by atoms with Gasteiger partial charge in [-0.1, -0.05) is 11.8 Å². The zero-order chi connectivity index (χ0) is 6.69. The maximum atomic E-state index is 3.97. The zero-order valence-electron chi connectivity index (χ0n) is 4.76. The normalized spacial score (nSPS) is 9.56. The van der Waals surface area contributed by atoms with Crippen LogP contribution in [-0.4, -0.2) is 16.2 Å². The van der Waals surface area contributed by atoms with Crippen molar-refractivity contribution in [2.24, 2.45) is 0 Å². The second kappa shape index (κ2) is 3.17. The van der Waals surface area contributed by atoms with Crippen molar-refractivity contribution in [3.8, 4) is 0 Å². The van der Waals surface area contributed by atoms with E-state index in [2.05, 4.69) is 32.1 Å². The van der Waals surface area contributed by atoms with Crippen molar-refractivity contribution in [1.29, 1.82) is 0 Å². The molecule has 1 radical (unpaired) electrons. The van der Waals surface area contributed by atoms with Gasteiger partial charge in [-0.3, -0.25) is 0 Å².